The van der Waals surface area contributed by atoms with Gasteiger partial charge in [0.1, 0.15) is 0 Å². The molecule has 0 spiro atoms. The van der Waals surface area contributed by atoms with Crippen LogP contribution >= 0.6 is 11.6 Å². The van der Waals surface area contributed by atoms with Crippen molar-refractivity contribution < 1.29 is 14.7 Å². The van der Waals surface area contributed by atoms with Gasteiger partial charge in [-0.15, -0.1) is 0 Å². The van der Waals surface area contributed by atoms with E-state index >= 15 is 0 Å². The SMILES string of the molecule is Cc1cccc(C(=O)NC2(C)CCCCC2C(=O)O)c1Cl. The van der Waals surface area contributed by atoms with Crippen LogP contribution in [0, 0.1) is 12.8 Å². The molecule has 21 heavy (non-hydrogen) atoms. The molecule has 1 aliphatic carbocycles. The second-order valence-electron chi connectivity index (χ2n) is 5.94. The average molecular weight is 310 g/mol. The monoisotopic (exact) mass is 309 g/mol. The Morgan fingerprint density at radius 1 is 1.38 bits per heavy atom. The number of hydrogen-bond acceptors (Lipinski definition) is 2. The maximum absolute atomic E-state index is 12.5. The summed E-state index contributed by atoms with van der Waals surface area (Å²) in [4.78, 5) is 23.9. The maximum Gasteiger partial charge on any atom is 0.308 e. The second kappa shape index (κ2) is 6.06. The quantitative estimate of drug-likeness (QED) is 0.899. The van der Waals surface area contributed by atoms with Crippen LogP contribution in [0.2, 0.25) is 5.02 Å². The summed E-state index contributed by atoms with van der Waals surface area (Å²) in [7, 11) is 0. The third-order valence-corrected chi connectivity index (χ3v) is 4.84. The summed E-state index contributed by atoms with van der Waals surface area (Å²) in [6, 6.07) is 5.27. The van der Waals surface area contributed by atoms with Crippen molar-refractivity contribution in [3.8, 4) is 0 Å². The Hall–Kier alpha value is -1.55. The van der Waals surface area contributed by atoms with E-state index in [1.807, 2.05) is 19.9 Å². The van der Waals surface area contributed by atoms with Crippen molar-refractivity contribution in [3.63, 3.8) is 0 Å². The Bertz CT molecular complexity index is 573. The van der Waals surface area contributed by atoms with Gasteiger partial charge in [0.05, 0.1) is 22.0 Å². The van der Waals surface area contributed by atoms with Crippen molar-refractivity contribution in [2.75, 3.05) is 0 Å². The van der Waals surface area contributed by atoms with E-state index in [4.69, 9.17) is 11.6 Å². The van der Waals surface area contributed by atoms with Crippen molar-refractivity contribution in [3.05, 3.63) is 34.3 Å². The molecule has 1 saturated carbocycles. The second-order valence-corrected chi connectivity index (χ2v) is 6.32. The lowest BCUT2D eigenvalue weighted by Crippen LogP contribution is -2.55. The van der Waals surface area contributed by atoms with E-state index in [1.54, 1.807) is 12.1 Å². The Labute approximate surface area is 129 Å². The molecule has 2 rings (SSSR count). The Kier molecular flexibility index (Phi) is 4.57. The highest BCUT2D eigenvalue weighted by Gasteiger charge is 2.42. The van der Waals surface area contributed by atoms with Gasteiger partial charge in [-0.3, -0.25) is 9.59 Å². The highest BCUT2D eigenvalue weighted by Crippen LogP contribution is 2.34. The van der Waals surface area contributed by atoms with Gasteiger partial charge in [-0.1, -0.05) is 36.6 Å². The van der Waals surface area contributed by atoms with E-state index in [-0.39, 0.29) is 5.91 Å². The summed E-state index contributed by atoms with van der Waals surface area (Å²) in [5.74, 6) is -1.72. The smallest absolute Gasteiger partial charge is 0.308 e. The predicted octanol–water partition coefficient (Wildman–Crippen LogP) is 3.41. The molecule has 5 heteroatoms. The van der Waals surface area contributed by atoms with Crippen LogP contribution in [0.3, 0.4) is 0 Å². The zero-order valence-corrected chi connectivity index (χ0v) is 13.0. The lowest BCUT2D eigenvalue weighted by Gasteiger charge is -2.39. The molecule has 2 N–H and O–H groups in total. The fourth-order valence-corrected chi connectivity index (χ4v) is 3.24. The van der Waals surface area contributed by atoms with E-state index in [2.05, 4.69) is 5.32 Å². The third-order valence-electron chi connectivity index (χ3n) is 4.34. The van der Waals surface area contributed by atoms with Crippen LogP contribution < -0.4 is 5.32 Å². The molecule has 1 fully saturated rings. The first-order valence-electron chi connectivity index (χ1n) is 7.15. The number of carboxylic acid groups (broad SMARTS) is 1. The summed E-state index contributed by atoms with van der Waals surface area (Å²) >= 11 is 6.17. The Balaban J connectivity index is 2.24. The van der Waals surface area contributed by atoms with Crippen LogP contribution in [0.15, 0.2) is 18.2 Å². The zero-order valence-electron chi connectivity index (χ0n) is 12.3. The molecular formula is C16H20ClNO3. The van der Waals surface area contributed by atoms with Gasteiger partial charge in [0.2, 0.25) is 0 Å². The van der Waals surface area contributed by atoms with Gasteiger partial charge in [0.25, 0.3) is 5.91 Å². The number of nitrogens with one attached hydrogen (secondary N) is 1. The van der Waals surface area contributed by atoms with Crippen molar-refractivity contribution in [1.29, 1.82) is 0 Å². The lowest BCUT2D eigenvalue weighted by molar-refractivity contribution is -0.145. The average Bonchev–Trinajstić information content (AvgIpc) is 2.41. The normalized spacial score (nSPS) is 25.4. The molecule has 0 aromatic heterocycles. The number of benzene rings is 1. The molecule has 1 aliphatic rings. The van der Waals surface area contributed by atoms with Crippen LogP contribution in [0.4, 0.5) is 0 Å². The number of aliphatic carboxylic acids is 1. The van der Waals surface area contributed by atoms with Gasteiger partial charge in [0, 0.05) is 0 Å². The maximum atomic E-state index is 12.5. The predicted molar refractivity (Wildman–Crippen MR) is 81.7 cm³/mol. The lowest BCUT2D eigenvalue weighted by atomic mass is 9.73. The van der Waals surface area contributed by atoms with E-state index in [1.165, 1.54) is 0 Å². The third kappa shape index (κ3) is 3.21. The van der Waals surface area contributed by atoms with Crippen LogP contribution in [0.1, 0.15) is 48.5 Å². The molecule has 0 aliphatic heterocycles. The Morgan fingerprint density at radius 3 is 2.76 bits per heavy atom. The van der Waals surface area contributed by atoms with Gasteiger partial charge >= 0.3 is 5.97 Å². The first kappa shape index (κ1) is 15.8. The first-order valence-corrected chi connectivity index (χ1v) is 7.53. The molecule has 1 amide bonds. The highest BCUT2D eigenvalue weighted by atomic mass is 35.5. The van der Waals surface area contributed by atoms with Crippen molar-refractivity contribution in [2.45, 2.75) is 45.1 Å². The molecule has 2 unspecified atom stereocenters. The topological polar surface area (TPSA) is 66.4 Å². The van der Waals surface area contributed by atoms with Crippen molar-refractivity contribution in [1.82, 2.24) is 5.32 Å². The van der Waals surface area contributed by atoms with Gasteiger partial charge in [0.15, 0.2) is 0 Å². The molecule has 114 valence electrons. The van der Waals surface area contributed by atoms with Crippen molar-refractivity contribution >= 4 is 23.5 Å². The minimum absolute atomic E-state index is 0.306. The van der Waals surface area contributed by atoms with Gasteiger partial charge < -0.3 is 10.4 Å². The number of carbonyl (C=O) groups is 2. The van der Waals surface area contributed by atoms with Crippen LogP contribution in [-0.2, 0) is 4.79 Å². The van der Waals surface area contributed by atoms with Crippen LogP contribution in [0.5, 0.6) is 0 Å². The molecule has 1 aromatic rings. The number of hydrogen-bond donors (Lipinski definition) is 2. The zero-order chi connectivity index (χ0) is 15.6. The molecule has 4 nitrogen and oxygen atoms in total. The van der Waals surface area contributed by atoms with Crippen LogP contribution in [0.25, 0.3) is 0 Å². The fourth-order valence-electron chi connectivity index (χ4n) is 3.03. The van der Waals surface area contributed by atoms with Gasteiger partial charge in [-0.2, -0.15) is 0 Å². The summed E-state index contributed by atoms with van der Waals surface area (Å²) in [6.45, 7) is 3.65. The molecule has 0 heterocycles. The minimum atomic E-state index is -0.854. The van der Waals surface area contributed by atoms with Gasteiger partial charge in [-0.05, 0) is 38.3 Å². The van der Waals surface area contributed by atoms with Crippen molar-refractivity contribution in [2.24, 2.45) is 5.92 Å². The molecule has 0 saturated heterocycles. The Morgan fingerprint density at radius 2 is 2.10 bits per heavy atom. The number of aryl methyl sites for hydroxylation is 1. The standard InChI is InChI=1S/C16H20ClNO3/c1-10-6-5-7-11(13(10)17)14(19)18-16(2)9-4-3-8-12(16)15(20)21/h5-7,12H,3-4,8-9H2,1-2H3,(H,18,19)(H,20,21). The van der Waals surface area contributed by atoms with E-state index in [0.29, 0.717) is 23.4 Å². The number of rotatable bonds is 3. The van der Waals surface area contributed by atoms with Gasteiger partial charge in [-0.25, -0.2) is 0 Å². The number of carboxylic acids is 1. The molecule has 1 aromatic carbocycles. The first-order chi connectivity index (χ1) is 9.85. The van der Waals surface area contributed by atoms with E-state index in [0.717, 1.165) is 18.4 Å². The largest absolute Gasteiger partial charge is 0.481 e. The number of amides is 1. The summed E-state index contributed by atoms with van der Waals surface area (Å²) in [5, 5.41) is 12.7. The summed E-state index contributed by atoms with van der Waals surface area (Å²) in [5.41, 5.74) is 0.495. The molecule has 0 bridgehead atoms. The molecular weight excluding hydrogens is 290 g/mol. The minimum Gasteiger partial charge on any atom is -0.481 e. The summed E-state index contributed by atoms with van der Waals surface area (Å²) in [6.07, 6.45) is 3.06. The van der Waals surface area contributed by atoms with E-state index < -0.39 is 17.4 Å². The number of carbonyl (C=O) groups excluding carboxylic acids is 1. The fraction of sp³-hybridized carbons (Fsp3) is 0.500. The molecule has 0 radical (unpaired) electrons. The highest BCUT2D eigenvalue weighted by molar-refractivity contribution is 6.34. The number of halogens is 1. The van der Waals surface area contributed by atoms with E-state index in [9.17, 15) is 14.7 Å². The molecule has 2 atom stereocenters. The van der Waals surface area contributed by atoms with Crippen LogP contribution in [-0.4, -0.2) is 22.5 Å². The summed E-state index contributed by atoms with van der Waals surface area (Å²) < 4.78 is 0.